The van der Waals surface area contributed by atoms with Gasteiger partial charge in [0.25, 0.3) is 8.07 Å². The van der Waals surface area contributed by atoms with Crippen LogP contribution in [-0.2, 0) is 0 Å². The lowest BCUT2D eigenvalue weighted by Gasteiger charge is -2.48. The van der Waals surface area contributed by atoms with Gasteiger partial charge in [0.2, 0.25) is 0 Å². The van der Waals surface area contributed by atoms with Crippen LogP contribution in [0.2, 0.25) is 23.3 Å². The summed E-state index contributed by atoms with van der Waals surface area (Å²) in [4.78, 5) is 0. The number of hydrogen-bond acceptors (Lipinski definition) is 0. The van der Waals surface area contributed by atoms with Gasteiger partial charge in [0.15, 0.2) is 13.4 Å². The molecule has 0 N–H and O–H groups in total. The highest BCUT2D eigenvalue weighted by atomic mass is 28.3. The minimum atomic E-state index is -3.09. The van der Waals surface area contributed by atoms with Gasteiger partial charge in [-0.05, 0) is 35.4 Å². The molecule has 8 rings (SSSR count). The number of benzene rings is 4. The van der Waals surface area contributed by atoms with E-state index in [2.05, 4.69) is 156 Å². The Labute approximate surface area is 309 Å². The Kier molecular flexibility index (Phi) is 10.7. The zero-order valence-corrected chi connectivity index (χ0v) is 31.2. The summed E-state index contributed by atoms with van der Waals surface area (Å²) in [7, 11) is -3.09. The molecule has 4 aromatic carbocycles. The van der Waals surface area contributed by atoms with Gasteiger partial charge in [-0.1, -0.05) is 232 Å². The first-order valence-electron chi connectivity index (χ1n) is 20.0. The Morgan fingerprint density at radius 3 is 1.04 bits per heavy atom. The molecule has 0 atom stereocenters. The van der Waals surface area contributed by atoms with Crippen molar-refractivity contribution in [3.63, 3.8) is 0 Å². The van der Waals surface area contributed by atoms with Crippen molar-refractivity contribution in [2.24, 2.45) is 0 Å². The Bertz CT molecular complexity index is 1760. The molecule has 0 saturated carbocycles. The zero-order chi connectivity index (χ0) is 34.3. The first-order valence-corrected chi connectivity index (χ1v) is 22.0. The van der Waals surface area contributed by atoms with Crippen LogP contribution in [-0.4, -0.2) is 21.5 Å². The van der Waals surface area contributed by atoms with E-state index in [0.717, 1.165) is 11.1 Å². The van der Waals surface area contributed by atoms with Gasteiger partial charge >= 0.3 is 0 Å². The van der Waals surface area contributed by atoms with Crippen LogP contribution in [0.5, 0.6) is 0 Å². The molecule has 0 unspecified atom stereocenters. The third-order valence-electron chi connectivity index (χ3n) is 12.8. The molecule has 3 heteroatoms. The van der Waals surface area contributed by atoms with Crippen molar-refractivity contribution in [1.29, 1.82) is 0 Å². The predicted molar refractivity (Wildman–Crippen MR) is 223 cm³/mol. The van der Waals surface area contributed by atoms with Gasteiger partial charge in [0.1, 0.15) is 0 Å². The largest absolute Gasteiger partial charge is 0.252 e. The summed E-state index contributed by atoms with van der Waals surface area (Å²) in [6, 6.07) is 44.0. The standard InChI is InChI=1S/C48H50B2Si/c1-5-17-39(18-6-1)33-35-51(36-34-40-19-7-2-8-20-40,47(37-41-21-9-3-10-22-41)49-43-25-13-26-44(49)28-14-27-43)48(38-42-23-11-4-12-24-42)50-45-29-15-30-46(50)32-16-31-45/h1-12,17-24,37-38,43-46H,13-16,25-32H2/b47-37+,48-38+. The maximum absolute atomic E-state index is 4.31. The fourth-order valence-corrected chi connectivity index (χ4v) is 14.9. The maximum Gasteiger partial charge on any atom is 0.252 e. The van der Waals surface area contributed by atoms with E-state index in [1.165, 1.54) is 88.2 Å². The highest BCUT2D eigenvalue weighted by Crippen LogP contribution is 2.55. The van der Waals surface area contributed by atoms with Crippen molar-refractivity contribution in [1.82, 2.24) is 0 Å². The fraction of sp³-hybridized carbons (Fsp3) is 0.333. The summed E-state index contributed by atoms with van der Waals surface area (Å²) in [5.74, 6) is 10.6. The Hall–Kier alpha value is -4.17. The SMILES string of the molecule is C(#C[Si](C#Cc1ccccc1)(/C(=C/c1ccccc1)B1C2CCCC1CCC2)/C(=C/c1ccccc1)B1C2CCCC1CCC2)c1ccccc1. The van der Waals surface area contributed by atoms with Crippen LogP contribution >= 0.6 is 0 Å². The molecular formula is C48H50B2Si. The molecule has 4 fully saturated rings. The molecule has 0 nitrogen and oxygen atoms in total. The van der Waals surface area contributed by atoms with Gasteiger partial charge in [0.05, 0.1) is 0 Å². The Morgan fingerprint density at radius 2 is 0.725 bits per heavy atom. The predicted octanol–water partition coefficient (Wildman–Crippen LogP) is 12.1. The third-order valence-corrected chi connectivity index (χ3v) is 16.5. The first kappa shape index (κ1) is 33.9. The fourth-order valence-electron chi connectivity index (χ4n) is 10.6. The number of rotatable bonds is 6. The van der Waals surface area contributed by atoms with Crippen molar-refractivity contribution in [3.8, 4) is 22.9 Å². The van der Waals surface area contributed by atoms with E-state index in [1.807, 2.05) is 0 Å². The highest BCUT2D eigenvalue weighted by molar-refractivity contribution is 7.21. The molecule has 0 aliphatic carbocycles. The third kappa shape index (κ3) is 7.57. The van der Waals surface area contributed by atoms with Crippen molar-refractivity contribution in [2.75, 3.05) is 0 Å². The summed E-state index contributed by atoms with van der Waals surface area (Å²) in [5, 5.41) is 3.22. The summed E-state index contributed by atoms with van der Waals surface area (Å²) >= 11 is 0. The van der Waals surface area contributed by atoms with Crippen LogP contribution in [0, 0.1) is 22.9 Å². The van der Waals surface area contributed by atoms with E-state index >= 15 is 0 Å². The monoisotopic (exact) mass is 676 g/mol. The van der Waals surface area contributed by atoms with Gasteiger partial charge < -0.3 is 0 Å². The molecule has 4 aliphatic rings. The Balaban J connectivity index is 1.48. The number of fused-ring (bicyclic) bond motifs is 4. The van der Waals surface area contributed by atoms with Gasteiger partial charge in [-0.25, -0.2) is 0 Å². The van der Waals surface area contributed by atoms with E-state index in [1.54, 1.807) is 10.2 Å². The van der Waals surface area contributed by atoms with Crippen LogP contribution in [0.25, 0.3) is 12.2 Å². The molecule has 0 amide bonds. The van der Waals surface area contributed by atoms with Crippen molar-refractivity contribution in [3.05, 3.63) is 154 Å². The lowest BCUT2D eigenvalue weighted by molar-refractivity contribution is 0.446. The molecule has 4 saturated heterocycles. The van der Waals surface area contributed by atoms with Crippen LogP contribution in [0.15, 0.2) is 132 Å². The second kappa shape index (κ2) is 16.0. The number of hydrogen-bond donors (Lipinski definition) is 0. The lowest BCUT2D eigenvalue weighted by atomic mass is 9.26. The van der Waals surface area contributed by atoms with Crippen LogP contribution in [0.1, 0.15) is 99.3 Å². The van der Waals surface area contributed by atoms with Crippen LogP contribution < -0.4 is 0 Å². The summed E-state index contributed by atoms with van der Waals surface area (Å²) in [6.45, 7) is 1.05. The van der Waals surface area contributed by atoms with E-state index in [-0.39, 0.29) is 0 Å². The van der Waals surface area contributed by atoms with Gasteiger partial charge in [-0.15, -0.1) is 11.1 Å². The summed E-state index contributed by atoms with van der Waals surface area (Å²) < 4.78 is 0. The van der Waals surface area contributed by atoms with E-state index in [4.69, 9.17) is 0 Å². The van der Waals surface area contributed by atoms with Crippen LogP contribution in [0.4, 0.5) is 0 Å². The second-order valence-corrected chi connectivity index (χ2v) is 19.0. The quantitative estimate of drug-likeness (QED) is 0.141. The average Bonchev–Trinajstić information content (AvgIpc) is 3.18. The van der Waals surface area contributed by atoms with E-state index in [9.17, 15) is 0 Å². The molecule has 4 aliphatic heterocycles. The van der Waals surface area contributed by atoms with Crippen molar-refractivity contribution in [2.45, 2.75) is 100 Å². The molecule has 252 valence electrons. The summed E-state index contributed by atoms with van der Waals surface area (Å²) in [5.41, 5.74) is 13.4. The smallest absolute Gasteiger partial charge is 0.101 e. The van der Waals surface area contributed by atoms with Crippen molar-refractivity contribution < 1.29 is 0 Å². The zero-order valence-electron chi connectivity index (χ0n) is 30.2. The van der Waals surface area contributed by atoms with Gasteiger partial charge in [0, 0.05) is 11.1 Å². The highest BCUT2D eigenvalue weighted by Gasteiger charge is 2.55. The van der Waals surface area contributed by atoms with Gasteiger partial charge in [-0.2, -0.15) is 0 Å². The molecule has 4 bridgehead atoms. The molecule has 4 heterocycles. The lowest BCUT2D eigenvalue weighted by Crippen LogP contribution is -2.55. The van der Waals surface area contributed by atoms with E-state index in [0.29, 0.717) is 36.7 Å². The van der Waals surface area contributed by atoms with E-state index < -0.39 is 8.07 Å². The second-order valence-electron chi connectivity index (χ2n) is 15.8. The Morgan fingerprint density at radius 1 is 0.431 bits per heavy atom. The molecule has 0 spiro atoms. The average molecular weight is 677 g/mol. The maximum atomic E-state index is 4.31. The molecule has 0 aromatic heterocycles. The van der Waals surface area contributed by atoms with Gasteiger partial charge in [-0.3, -0.25) is 0 Å². The van der Waals surface area contributed by atoms with Crippen molar-refractivity contribution >= 4 is 33.7 Å². The first-order chi connectivity index (χ1) is 25.3. The minimum absolute atomic E-state index is 0.525. The molecule has 0 radical (unpaired) electrons. The molecular weight excluding hydrogens is 626 g/mol. The molecule has 4 aromatic rings. The van der Waals surface area contributed by atoms with Crippen LogP contribution in [0.3, 0.4) is 0 Å². The molecule has 51 heavy (non-hydrogen) atoms. The minimum Gasteiger partial charge on any atom is -0.101 e. The topological polar surface area (TPSA) is 0 Å². The summed E-state index contributed by atoms with van der Waals surface area (Å²) in [6.07, 6.45) is 21.4. The normalized spacial score (nSPS) is 23.4.